The van der Waals surface area contributed by atoms with Gasteiger partial charge in [0.1, 0.15) is 29.1 Å². The average Bonchev–Trinajstić information content (AvgIpc) is 3.23. The molecule has 0 aliphatic carbocycles. The second-order valence-electron chi connectivity index (χ2n) is 7.22. The highest BCUT2D eigenvalue weighted by Gasteiger charge is 2.47. The van der Waals surface area contributed by atoms with Gasteiger partial charge in [0.15, 0.2) is 0 Å². The van der Waals surface area contributed by atoms with Gasteiger partial charge < -0.3 is 19.2 Å². The Kier molecular flexibility index (Phi) is 4.71. The van der Waals surface area contributed by atoms with Crippen molar-refractivity contribution in [2.24, 2.45) is 0 Å². The van der Waals surface area contributed by atoms with Crippen molar-refractivity contribution in [3.63, 3.8) is 0 Å². The summed E-state index contributed by atoms with van der Waals surface area (Å²) in [6.45, 7) is 4.83. The first kappa shape index (κ1) is 18.3. The number of carbonyl (C=O) groups is 2. The summed E-state index contributed by atoms with van der Waals surface area (Å²) in [5, 5.41) is 11.0. The normalized spacial score (nSPS) is 20.9. The van der Waals surface area contributed by atoms with E-state index in [1.165, 1.54) is 4.90 Å². The molecule has 1 saturated heterocycles. The third-order valence-electron chi connectivity index (χ3n) is 5.22. The summed E-state index contributed by atoms with van der Waals surface area (Å²) in [6.07, 6.45) is 2.45. The Morgan fingerprint density at radius 2 is 2.07 bits per heavy atom. The number of ether oxygens (including phenoxy) is 1. The predicted molar refractivity (Wildman–Crippen MR) is 103 cm³/mol. The first-order valence-corrected chi connectivity index (χ1v) is 9.62. The topological polar surface area (TPSA) is 80.0 Å². The van der Waals surface area contributed by atoms with Gasteiger partial charge in [-0.25, -0.2) is 0 Å². The number of amides is 1. The van der Waals surface area contributed by atoms with Crippen molar-refractivity contribution < 1.29 is 23.8 Å². The van der Waals surface area contributed by atoms with Gasteiger partial charge in [0.2, 0.25) is 0 Å². The molecule has 1 fully saturated rings. The zero-order valence-electron chi connectivity index (χ0n) is 16.0. The van der Waals surface area contributed by atoms with E-state index in [9.17, 15) is 14.7 Å². The fourth-order valence-electron chi connectivity index (χ4n) is 3.91. The van der Waals surface area contributed by atoms with Crippen LogP contribution < -0.4 is 4.74 Å². The van der Waals surface area contributed by atoms with Gasteiger partial charge in [-0.1, -0.05) is 6.92 Å². The van der Waals surface area contributed by atoms with Crippen LogP contribution in [0, 0.1) is 6.92 Å². The van der Waals surface area contributed by atoms with Crippen molar-refractivity contribution in [2.45, 2.75) is 39.2 Å². The van der Waals surface area contributed by atoms with E-state index in [4.69, 9.17) is 9.15 Å². The number of furan rings is 1. The number of fused-ring (bicyclic) bond motifs is 1. The maximum atomic E-state index is 12.8. The molecular weight excluding hydrogens is 358 g/mol. The van der Waals surface area contributed by atoms with Crippen LogP contribution in [0.15, 0.2) is 40.3 Å². The molecule has 0 bridgehead atoms. The molecule has 2 aliphatic heterocycles. The van der Waals surface area contributed by atoms with Crippen LogP contribution in [0.3, 0.4) is 0 Å². The number of Topliss-reactive ketones (excluding diaryl/α,β-unsaturated/α-hetero) is 1. The fraction of sp³-hybridized carbons (Fsp3) is 0.364. The summed E-state index contributed by atoms with van der Waals surface area (Å²) < 4.78 is 11.4. The lowest BCUT2D eigenvalue weighted by atomic mass is 9.96. The number of aliphatic hydroxyl groups is 1. The minimum Gasteiger partial charge on any atom is -0.507 e. The quantitative estimate of drug-likeness (QED) is 0.496. The van der Waals surface area contributed by atoms with Crippen LogP contribution in [0.2, 0.25) is 0 Å². The van der Waals surface area contributed by atoms with Crippen molar-refractivity contribution in [1.29, 1.82) is 0 Å². The van der Waals surface area contributed by atoms with Crippen molar-refractivity contribution >= 4 is 17.4 Å². The monoisotopic (exact) mass is 381 g/mol. The number of benzene rings is 1. The number of likely N-dealkylation sites (tertiary alicyclic amines) is 1. The van der Waals surface area contributed by atoms with Gasteiger partial charge in [-0.15, -0.1) is 0 Å². The van der Waals surface area contributed by atoms with E-state index in [1.807, 2.05) is 13.0 Å². The molecule has 2 aliphatic rings. The van der Waals surface area contributed by atoms with Gasteiger partial charge >= 0.3 is 0 Å². The fourth-order valence-corrected chi connectivity index (χ4v) is 3.91. The highest BCUT2D eigenvalue weighted by Crippen LogP contribution is 2.40. The van der Waals surface area contributed by atoms with Crippen LogP contribution >= 0.6 is 0 Å². The predicted octanol–water partition coefficient (Wildman–Crippen LogP) is 3.74. The third-order valence-corrected chi connectivity index (χ3v) is 5.22. The molecule has 1 amide bonds. The standard InChI is InChI=1S/C22H23NO5/c1-3-10-23-19(17-8-6-13(2)28-17)18(21(25)22(23)26)20(24)15-7-9-16-14(12-15)5-4-11-27-16/h6-9,12,19,24H,3-5,10-11H2,1-2H3/b20-18-. The van der Waals surface area contributed by atoms with Gasteiger partial charge in [-0.2, -0.15) is 0 Å². The number of aliphatic hydroxyl groups excluding tert-OH is 1. The largest absolute Gasteiger partial charge is 0.507 e. The lowest BCUT2D eigenvalue weighted by molar-refractivity contribution is -0.140. The smallest absolute Gasteiger partial charge is 0.295 e. The molecule has 1 aromatic heterocycles. The maximum Gasteiger partial charge on any atom is 0.295 e. The summed E-state index contributed by atoms with van der Waals surface area (Å²) in [7, 11) is 0. The molecular formula is C22H23NO5. The van der Waals surface area contributed by atoms with E-state index >= 15 is 0 Å². The third kappa shape index (κ3) is 2.99. The van der Waals surface area contributed by atoms with E-state index < -0.39 is 17.7 Å². The van der Waals surface area contributed by atoms with Crippen LogP contribution in [0.4, 0.5) is 0 Å². The molecule has 0 saturated carbocycles. The van der Waals surface area contributed by atoms with Gasteiger partial charge in [-0.3, -0.25) is 9.59 Å². The van der Waals surface area contributed by atoms with Crippen molar-refractivity contribution in [3.8, 4) is 5.75 Å². The lowest BCUT2D eigenvalue weighted by Crippen LogP contribution is -2.30. The van der Waals surface area contributed by atoms with Gasteiger partial charge in [0.05, 0.1) is 12.2 Å². The van der Waals surface area contributed by atoms with E-state index in [1.54, 1.807) is 31.2 Å². The number of hydrogen-bond donors (Lipinski definition) is 1. The molecule has 28 heavy (non-hydrogen) atoms. The summed E-state index contributed by atoms with van der Waals surface area (Å²) in [5.74, 6) is 0.496. The van der Waals surface area contributed by atoms with E-state index in [2.05, 4.69) is 0 Å². The molecule has 0 radical (unpaired) electrons. The van der Waals surface area contributed by atoms with Gasteiger partial charge in [0, 0.05) is 12.1 Å². The van der Waals surface area contributed by atoms with E-state index in [-0.39, 0.29) is 11.3 Å². The van der Waals surface area contributed by atoms with Gasteiger partial charge in [0.25, 0.3) is 11.7 Å². The molecule has 4 rings (SSSR count). The van der Waals surface area contributed by atoms with Crippen molar-refractivity contribution in [2.75, 3.05) is 13.2 Å². The summed E-state index contributed by atoms with van der Waals surface area (Å²) in [5.41, 5.74) is 1.57. The highest BCUT2D eigenvalue weighted by molar-refractivity contribution is 6.46. The molecule has 1 aromatic carbocycles. The van der Waals surface area contributed by atoms with Crippen molar-refractivity contribution in [3.05, 3.63) is 58.6 Å². The molecule has 146 valence electrons. The van der Waals surface area contributed by atoms with Crippen LogP contribution in [0.5, 0.6) is 5.75 Å². The second-order valence-corrected chi connectivity index (χ2v) is 7.22. The van der Waals surface area contributed by atoms with Crippen LogP contribution in [0.1, 0.15) is 48.5 Å². The average molecular weight is 381 g/mol. The van der Waals surface area contributed by atoms with Crippen LogP contribution in [-0.2, 0) is 16.0 Å². The minimum atomic E-state index is -0.721. The molecule has 1 N–H and O–H groups in total. The number of rotatable bonds is 4. The Morgan fingerprint density at radius 1 is 1.25 bits per heavy atom. The zero-order valence-corrected chi connectivity index (χ0v) is 16.0. The molecule has 0 spiro atoms. The number of ketones is 1. The Balaban J connectivity index is 1.84. The first-order chi connectivity index (χ1) is 13.5. The van der Waals surface area contributed by atoms with Crippen LogP contribution in [0.25, 0.3) is 5.76 Å². The highest BCUT2D eigenvalue weighted by atomic mass is 16.5. The summed E-state index contributed by atoms with van der Waals surface area (Å²) in [6, 6.07) is 8.18. The van der Waals surface area contributed by atoms with Crippen LogP contribution in [-0.4, -0.2) is 34.8 Å². The zero-order chi connectivity index (χ0) is 19.8. The maximum absolute atomic E-state index is 12.8. The molecule has 6 heteroatoms. The number of nitrogens with zero attached hydrogens (tertiary/aromatic N) is 1. The number of hydrogen-bond acceptors (Lipinski definition) is 5. The Morgan fingerprint density at radius 3 is 2.79 bits per heavy atom. The number of aryl methyl sites for hydroxylation is 2. The number of carbonyl (C=O) groups excluding carboxylic acids is 2. The van der Waals surface area contributed by atoms with Gasteiger partial charge in [-0.05, 0) is 62.1 Å². The molecule has 1 unspecified atom stereocenters. The SMILES string of the molecule is CCCN1C(=O)C(=O)/C(=C(\O)c2ccc3c(c2)CCCO3)C1c1ccc(C)o1. The van der Waals surface area contributed by atoms with E-state index in [0.29, 0.717) is 36.7 Å². The Hall–Kier alpha value is -3.02. The summed E-state index contributed by atoms with van der Waals surface area (Å²) in [4.78, 5) is 26.9. The van der Waals surface area contributed by atoms with Crippen molar-refractivity contribution in [1.82, 2.24) is 4.90 Å². The second kappa shape index (κ2) is 7.19. The Bertz CT molecular complexity index is 971. The lowest BCUT2D eigenvalue weighted by Gasteiger charge is -2.23. The molecule has 2 aromatic rings. The Labute approximate surface area is 163 Å². The molecule has 1 atom stereocenters. The van der Waals surface area contributed by atoms with E-state index in [0.717, 1.165) is 24.2 Å². The summed E-state index contributed by atoms with van der Waals surface area (Å²) >= 11 is 0. The molecule has 3 heterocycles. The minimum absolute atomic E-state index is 0.0736. The first-order valence-electron chi connectivity index (χ1n) is 9.62. The molecule has 6 nitrogen and oxygen atoms in total.